The molecule has 0 aliphatic rings. The van der Waals surface area contributed by atoms with Crippen molar-refractivity contribution >= 4 is 33.7 Å². The van der Waals surface area contributed by atoms with Crippen LogP contribution in [0.3, 0.4) is 0 Å². The Labute approximate surface area is 108 Å². The average Bonchev–Trinajstić information content (AvgIpc) is 2.15. The molecule has 0 radical (unpaired) electrons. The number of halogens is 4. The number of aromatic carboxylic acids is 1. The Morgan fingerprint density at radius 3 is 2.59 bits per heavy atom. The first-order valence-electron chi connectivity index (χ1n) is 4.52. The fourth-order valence-corrected chi connectivity index (χ4v) is 2.66. The quantitative estimate of drug-likeness (QED) is 0.842. The van der Waals surface area contributed by atoms with E-state index >= 15 is 0 Å². The maximum Gasteiger partial charge on any atom is 0.389 e. The fourth-order valence-electron chi connectivity index (χ4n) is 1.07. The number of rotatable bonds is 4. The van der Waals surface area contributed by atoms with Gasteiger partial charge in [-0.25, -0.2) is 4.79 Å². The van der Waals surface area contributed by atoms with Gasteiger partial charge in [0.1, 0.15) is 0 Å². The molecular weight excluding hydrogens is 321 g/mol. The van der Waals surface area contributed by atoms with Gasteiger partial charge >= 0.3 is 12.1 Å². The minimum atomic E-state index is -4.22. The summed E-state index contributed by atoms with van der Waals surface area (Å²) in [6.07, 6.45) is -5.16. The van der Waals surface area contributed by atoms with Crippen molar-refractivity contribution in [3.05, 3.63) is 28.2 Å². The molecule has 0 heterocycles. The molecule has 1 N–H and O–H groups in total. The molecule has 0 unspecified atom stereocenters. The van der Waals surface area contributed by atoms with Crippen molar-refractivity contribution in [3.8, 4) is 0 Å². The fraction of sp³-hybridized carbons (Fsp3) is 0.300. The molecular formula is C10H8BrF3O2S. The van der Waals surface area contributed by atoms with Crippen molar-refractivity contribution in [1.29, 1.82) is 0 Å². The third-order valence-electron chi connectivity index (χ3n) is 1.82. The van der Waals surface area contributed by atoms with Gasteiger partial charge in [0.05, 0.1) is 12.0 Å². The molecule has 2 nitrogen and oxygen atoms in total. The van der Waals surface area contributed by atoms with E-state index in [9.17, 15) is 18.0 Å². The second-order valence-corrected chi connectivity index (χ2v) is 5.21. The van der Waals surface area contributed by atoms with Gasteiger partial charge < -0.3 is 5.11 Å². The van der Waals surface area contributed by atoms with Gasteiger partial charge in [-0.15, -0.1) is 11.8 Å². The molecule has 1 aromatic rings. The van der Waals surface area contributed by atoms with Gasteiger partial charge in [0.15, 0.2) is 0 Å². The minimum Gasteiger partial charge on any atom is -0.478 e. The van der Waals surface area contributed by atoms with E-state index < -0.39 is 18.6 Å². The highest BCUT2D eigenvalue weighted by Crippen LogP contribution is 2.30. The summed E-state index contributed by atoms with van der Waals surface area (Å²) in [5, 5.41) is 8.86. The summed E-state index contributed by atoms with van der Waals surface area (Å²) < 4.78 is 36.5. The second kappa shape index (κ2) is 5.77. The SMILES string of the molecule is O=C(O)c1ccc(Br)cc1SCCC(F)(F)F. The average molecular weight is 329 g/mol. The molecule has 7 heteroatoms. The van der Waals surface area contributed by atoms with E-state index in [2.05, 4.69) is 15.9 Å². The third kappa shape index (κ3) is 4.99. The Hall–Kier alpha value is -0.690. The van der Waals surface area contributed by atoms with E-state index in [1.807, 2.05) is 0 Å². The van der Waals surface area contributed by atoms with E-state index in [-0.39, 0.29) is 11.3 Å². The van der Waals surface area contributed by atoms with Crippen molar-refractivity contribution in [3.63, 3.8) is 0 Å². The lowest BCUT2D eigenvalue weighted by Crippen LogP contribution is -2.08. The van der Waals surface area contributed by atoms with E-state index in [0.717, 1.165) is 11.8 Å². The standard InChI is InChI=1S/C10H8BrF3O2S/c11-6-1-2-7(9(15)16)8(5-6)17-4-3-10(12,13)14/h1-2,5H,3-4H2,(H,15,16). The molecule has 0 saturated carbocycles. The van der Waals surface area contributed by atoms with Crippen LogP contribution in [0.15, 0.2) is 27.6 Å². The van der Waals surface area contributed by atoms with Gasteiger partial charge in [0.2, 0.25) is 0 Å². The van der Waals surface area contributed by atoms with Gasteiger partial charge in [0.25, 0.3) is 0 Å². The summed E-state index contributed by atoms with van der Waals surface area (Å²) in [5.74, 6) is -1.34. The number of carbonyl (C=O) groups is 1. The molecule has 1 rings (SSSR count). The predicted octanol–water partition coefficient (Wildman–Crippen LogP) is 4.19. The molecule has 94 valence electrons. The lowest BCUT2D eigenvalue weighted by Gasteiger charge is -2.08. The van der Waals surface area contributed by atoms with Crippen LogP contribution in [0.1, 0.15) is 16.8 Å². The van der Waals surface area contributed by atoms with Crippen LogP contribution >= 0.6 is 27.7 Å². The number of hydrogen-bond acceptors (Lipinski definition) is 2. The van der Waals surface area contributed by atoms with E-state index in [0.29, 0.717) is 9.37 Å². The molecule has 0 aromatic heterocycles. The van der Waals surface area contributed by atoms with Crippen LogP contribution in [-0.2, 0) is 0 Å². The van der Waals surface area contributed by atoms with E-state index in [1.54, 1.807) is 0 Å². The number of thioether (sulfide) groups is 1. The number of benzene rings is 1. The van der Waals surface area contributed by atoms with Gasteiger partial charge in [-0.05, 0) is 18.2 Å². The monoisotopic (exact) mass is 328 g/mol. The van der Waals surface area contributed by atoms with E-state index in [4.69, 9.17) is 5.11 Å². The molecule has 0 bridgehead atoms. The van der Waals surface area contributed by atoms with Gasteiger partial charge in [-0.3, -0.25) is 0 Å². The summed E-state index contributed by atoms with van der Waals surface area (Å²) in [7, 11) is 0. The number of carboxylic acid groups (broad SMARTS) is 1. The highest BCUT2D eigenvalue weighted by Gasteiger charge is 2.26. The van der Waals surface area contributed by atoms with Crippen LogP contribution in [0.2, 0.25) is 0 Å². The first-order chi connectivity index (χ1) is 7.79. The van der Waals surface area contributed by atoms with Crippen molar-refractivity contribution in [1.82, 2.24) is 0 Å². The first kappa shape index (κ1) is 14.4. The van der Waals surface area contributed by atoms with Crippen molar-refractivity contribution < 1.29 is 23.1 Å². The smallest absolute Gasteiger partial charge is 0.389 e. The molecule has 1 aromatic carbocycles. The zero-order valence-electron chi connectivity index (χ0n) is 8.42. The van der Waals surface area contributed by atoms with Gasteiger partial charge in [-0.2, -0.15) is 13.2 Å². The van der Waals surface area contributed by atoms with Crippen molar-refractivity contribution in [2.75, 3.05) is 5.75 Å². The summed E-state index contributed by atoms with van der Waals surface area (Å²) in [4.78, 5) is 11.2. The predicted molar refractivity (Wildman–Crippen MR) is 62.5 cm³/mol. The molecule has 0 spiro atoms. The number of hydrogen-bond donors (Lipinski definition) is 1. The molecule has 0 fully saturated rings. The number of carboxylic acids is 1. The van der Waals surface area contributed by atoms with Crippen LogP contribution in [0.5, 0.6) is 0 Å². The molecule has 0 atom stereocenters. The van der Waals surface area contributed by atoms with Gasteiger partial charge in [-0.1, -0.05) is 15.9 Å². The maximum atomic E-state index is 12.0. The summed E-state index contributed by atoms with van der Waals surface area (Å²) >= 11 is 4.03. The summed E-state index contributed by atoms with van der Waals surface area (Å²) in [5.41, 5.74) is 0.0142. The summed E-state index contributed by atoms with van der Waals surface area (Å²) in [6, 6.07) is 4.41. The van der Waals surface area contributed by atoms with Gasteiger partial charge in [0, 0.05) is 15.1 Å². The highest BCUT2D eigenvalue weighted by molar-refractivity contribution is 9.10. The van der Waals surface area contributed by atoms with Crippen molar-refractivity contribution in [2.24, 2.45) is 0 Å². The number of alkyl halides is 3. The molecule has 0 aliphatic heterocycles. The topological polar surface area (TPSA) is 37.3 Å². The Morgan fingerprint density at radius 2 is 2.06 bits per heavy atom. The third-order valence-corrected chi connectivity index (χ3v) is 3.37. The Kier molecular flexibility index (Phi) is 4.88. The zero-order valence-corrected chi connectivity index (χ0v) is 10.8. The Morgan fingerprint density at radius 1 is 1.41 bits per heavy atom. The largest absolute Gasteiger partial charge is 0.478 e. The zero-order chi connectivity index (χ0) is 13.1. The first-order valence-corrected chi connectivity index (χ1v) is 6.30. The van der Waals surface area contributed by atoms with E-state index in [1.165, 1.54) is 18.2 Å². The summed E-state index contributed by atoms with van der Waals surface area (Å²) in [6.45, 7) is 0. The second-order valence-electron chi connectivity index (χ2n) is 3.16. The molecule has 0 aliphatic carbocycles. The minimum absolute atomic E-state index is 0.0142. The van der Waals surface area contributed by atoms with Crippen molar-refractivity contribution in [2.45, 2.75) is 17.5 Å². The Balaban J connectivity index is 2.75. The molecule has 0 saturated heterocycles. The van der Waals surface area contributed by atoms with Crippen LogP contribution in [-0.4, -0.2) is 23.0 Å². The van der Waals surface area contributed by atoms with Crippen LogP contribution in [0.25, 0.3) is 0 Å². The van der Waals surface area contributed by atoms with Crippen LogP contribution in [0.4, 0.5) is 13.2 Å². The van der Waals surface area contributed by atoms with Crippen LogP contribution in [0, 0.1) is 0 Å². The molecule has 17 heavy (non-hydrogen) atoms. The highest BCUT2D eigenvalue weighted by atomic mass is 79.9. The van der Waals surface area contributed by atoms with Crippen LogP contribution < -0.4 is 0 Å². The Bertz CT molecular complexity index is 421. The molecule has 0 amide bonds. The maximum absolute atomic E-state index is 12.0. The lowest BCUT2D eigenvalue weighted by atomic mass is 10.2. The lowest BCUT2D eigenvalue weighted by molar-refractivity contribution is -0.129. The normalized spacial score (nSPS) is 11.5.